The molecule has 1 unspecified atom stereocenters. The zero-order valence-electron chi connectivity index (χ0n) is 8.55. The van der Waals surface area contributed by atoms with E-state index >= 15 is 0 Å². The molecule has 2 rings (SSSR count). The van der Waals surface area contributed by atoms with Gasteiger partial charge in [0.2, 0.25) is 0 Å². The first kappa shape index (κ1) is 9.47. The van der Waals surface area contributed by atoms with E-state index in [1.807, 2.05) is 6.92 Å². The van der Waals surface area contributed by atoms with Crippen LogP contribution >= 0.6 is 0 Å². The molecule has 2 aliphatic rings. The van der Waals surface area contributed by atoms with Gasteiger partial charge < -0.3 is 10.4 Å². The summed E-state index contributed by atoms with van der Waals surface area (Å²) >= 11 is 0. The third kappa shape index (κ3) is 2.44. The first-order chi connectivity index (χ1) is 6.23. The van der Waals surface area contributed by atoms with Gasteiger partial charge in [-0.2, -0.15) is 0 Å². The lowest BCUT2D eigenvalue weighted by Crippen LogP contribution is -2.27. The fourth-order valence-corrected chi connectivity index (χ4v) is 2.23. The summed E-state index contributed by atoms with van der Waals surface area (Å²) in [5.74, 6) is 1.05. The fraction of sp³-hybridized carbons (Fsp3) is 1.00. The van der Waals surface area contributed by atoms with Crippen molar-refractivity contribution in [3.05, 3.63) is 0 Å². The zero-order valence-corrected chi connectivity index (χ0v) is 8.55. The van der Waals surface area contributed by atoms with E-state index in [2.05, 4.69) is 5.32 Å². The topological polar surface area (TPSA) is 32.3 Å². The quantitative estimate of drug-likeness (QED) is 0.612. The second kappa shape index (κ2) is 3.58. The molecule has 0 spiro atoms. The molecule has 1 atom stereocenters. The van der Waals surface area contributed by atoms with Gasteiger partial charge in [-0.1, -0.05) is 0 Å². The molecule has 0 aliphatic heterocycles. The number of aliphatic hydroxyl groups is 1. The van der Waals surface area contributed by atoms with Crippen LogP contribution in [0, 0.1) is 11.3 Å². The highest BCUT2D eigenvalue weighted by molar-refractivity contribution is 5.04. The van der Waals surface area contributed by atoms with Gasteiger partial charge in [0.15, 0.2) is 0 Å². The molecule has 0 aromatic carbocycles. The van der Waals surface area contributed by atoms with Crippen LogP contribution < -0.4 is 5.32 Å². The Balaban J connectivity index is 1.57. The molecule has 0 heterocycles. The lowest BCUT2D eigenvalue weighted by molar-refractivity contribution is 0.182. The summed E-state index contributed by atoms with van der Waals surface area (Å²) in [6.45, 7) is 4.03. The lowest BCUT2D eigenvalue weighted by atomic mass is 10.0. The van der Waals surface area contributed by atoms with Gasteiger partial charge in [0.05, 0.1) is 6.10 Å². The summed E-state index contributed by atoms with van der Waals surface area (Å²) < 4.78 is 0. The van der Waals surface area contributed by atoms with Crippen molar-refractivity contribution in [2.75, 3.05) is 13.1 Å². The summed E-state index contributed by atoms with van der Waals surface area (Å²) in [5, 5.41) is 12.6. The third-order valence-electron chi connectivity index (χ3n) is 3.55. The number of aliphatic hydroxyl groups excluding tert-OH is 1. The summed E-state index contributed by atoms with van der Waals surface area (Å²) in [5.41, 5.74) is 0.707. The molecule has 2 nitrogen and oxygen atoms in total. The van der Waals surface area contributed by atoms with Gasteiger partial charge in [0.1, 0.15) is 0 Å². The SMILES string of the molecule is CC(O)CCNCC1(C2CC2)CC1. The van der Waals surface area contributed by atoms with E-state index in [1.54, 1.807) is 0 Å². The van der Waals surface area contributed by atoms with E-state index in [4.69, 9.17) is 5.11 Å². The Morgan fingerprint density at radius 3 is 2.62 bits per heavy atom. The first-order valence-electron chi connectivity index (χ1n) is 5.62. The minimum atomic E-state index is -0.149. The Hall–Kier alpha value is -0.0800. The average molecular weight is 183 g/mol. The molecule has 2 N–H and O–H groups in total. The molecule has 0 bridgehead atoms. The number of nitrogens with one attached hydrogen (secondary N) is 1. The molecule has 13 heavy (non-hydrogen) atoms. The number of hydrogen-bond donors (Lipinski definition) is 2. The third-order valence-corrected chi connectivity index (χ3v) is 3.55. The van der Waals surface area contributed by atoms with Crippen molar-refractivity contribution in [1.29, 1.82) is 0 Å². The van der Waals surface area contributed by atoms with Gasteiger partial charge in [-0.15, -0.1) is 0 Å². The van der Waals surface area contributed by atoms with Gasteiger partial charge in [0.25, 0.3) is 0 Å². The summed E-state index contributed by atoms with van der Waals surface area (Å²) in [7, 11) is 0. The largest absolute Gasteiger partial charge is 0.393 e. The van der Waals surface area contributed by atoms with Gasteiger partial charge in [0, 0.05) is 6.54 Å². The zero-order chi connectivity index (χ0) is 9.31. The van der Waals surface area contributed by atoms with Crippen molar-refractivity contribution >= 4 is 0 Å². The highest BCUT2D eigenvalue weighted by Crippen LogP contribution is 2.60. The molecule has 2 heteroatoms. The molecule has 76 valence electrons. The van der Waals surface area contributed by atoms with Crippen LogP contribution in [0.4, 0.5) is 0 Å². The van der Waals surface area contributed by atoms with E-state index in [0.717, 1.165) is 18.9 Å². The Labute approximate surface area is 80.7 Å². The highest BCUT2D eigenvalue weighted by atomic mass is 16.3. The van der Waals surface area contributed by atoms with Crippen LogP contribution in [-0.4, -0.2) is 24.3 Å². The number of rotatable bonds is 6. The maximum atomic E-state index is 9.08. The maximum absolute atomic E-state index is 9.08. The van der Waals surface area contributed by atoms with Crippen molar-refractivity contribution in [2.45, 2.75) is 45.1 Å². The van der Waals surface area contributed by atoms with Crippen molar-refractivity contribution in [3.8, 4) is 0 Å². The highest BCUT2D eigenvalue weighted by Gasteiger charge is 2.52. The van der Waals surface area contributed by atoms with Crippen LogP contribution in [0.15, 0.2) is 0 Å². The predicted octanol–water partition coefficient (Wildman–Crippen LogP) is 1.54. The molecule has 0 radical (unpaired) electrons. The molecule has 0 saturated heterocycles. The smallest absolute Gasteiger partial charge is 0.0524 e. The molecule has 0 amide bonds. The number of hydrogen-bond acceptors (Lipinski definition) is 2. The predicted molar refractivity (Wildman–Crippen MR) is 53.6 cm³/mol. The fourth-order valence-electron chi connectivity index (χ4n) is 2.23. The maximum Gasteiger partial charge on any atom is 0.0524 e. The van der Waals surface area contributed by atoms with E-state index in [-0.39, 0.29) is 6.10 Å². The van der Waals surface area contributed by atoms with Crippen LogP contribution in [0.25, 0.3) is 0 Å². The van der Waals surface area contributed by atoms with Crippen molar-refractivity contribution in [1.82, 2.24) is 5.32 Å². The normalized spacial score (nSPS) is 27.2. The van der Waals surface area contributed by atoms with Crippen LogP contribution in [-0.2, 0) is 0 Å². The van der Waals surface area contributed by atoms with E-state index in [0.29, 0.717) is 5.41 Å². The second-order valence-electron chi connectivity index (χ2n) is 4.95. The molecule has 2 saturated carbocycles. The minimum absolute atomic E-state index is 0.149. The molecule has 2 fully saturated rings. The average Bonchev–Trinajstić information content (AvgIpc) is 2.88. The van der Waals surface area contributed by atoms with Gasteiger partial charge >= 0.3 is 0 Å². The van der Waals surface area contributed by atoms with E-state index < -0.39 is 0 Å². The Morgan fingerprint density at radius 1 is 1.46 bits per heavy atom. The van der Waals surface area contributed by atoms with E-state index in [1.165, 1.54) is 32.2 Å². The van der Waals surface area contributed by atoms with Gasteiger partial charge in [-0.05, 0) is 56.9 Å². The van der Waals surface area contributed by atoms with E-state index in [9.17, 15) is 0 Å². The summed E-state index contributed by atoms with van der Waals surface area (Å²) in [4.78, 5) is 0. The standard InChI is InChI=1S/C11H21NO/c1-9(13)4-7-12-8-11(5-6-11)10-2-3-10/h9-10,12-13H,2-8H2,1H3. The van der Waals surface area contributed by atoms with Crippen LogP contribution in [0.5, 0.6) is 0 Å². The molecule has 0 aromatic rings. The van der Waals surface area contributed by atoms with Crippen molar-refractivity contribution in [2.24, 2.45) is 11.3 Å². The molecular formula is C11H21NO. The van der Waals surface area contributed by atoms with Crippen LogP contribution in [0.3, 0.4) is 0 Å². The molecular weight excluding hydrogens is 162 g/mol. The monoisotopic (exact) mass is 183 g/mol. The van der Waals surface area contributed by atoms with Crippen LogP contribution in [0.2, 0.25) is 0 Å². The first-order valence-corrected chi connectivity index (χ1v) is 5.62. The summed E-state index contributed by atoms with van der Waals surface area (Å²) in [6, 6.07) is 0. The van der Waals surface area contributed by atoms with Crippen molar-refractivity contribution < 1.29 is 5.11 Å². The Morgan fingerprint density at radius 2 is 2.15 bits per heavy atom. The Bertz CT molecular complexity index is 171. The van der Waals surface area contributed by atoms with Crippen LogP contribution in [0.1, 0.15) is 39.0 Å². The Kier molecular flexibility index (Phi) is 2.61. The van der Waals surface area contributed by atoms with Crippen molar-refractivity contribution in [3.63, 3.8) is 0 Å². The summed E-state index contributed by atoms with van der Waals surface area (Å²) in [6.07, 6.45) is 6.57. The van der Waals surface area contributed by atoms with Gasteiger partial charge in [-0.3, -0.25) is 0 Å². The van der Waals surface area contributed by atoms with Gasteiger partial charge in [-0.25, -0.2) is 0 Å². The molecule has 2 aliphatic carbocycles. The minimum Gasteiger partial charge on any atom is -0.393 e. The second-order valence-corrected chi connectivity index (χ2v) is 4.95. The molecule has 0 aromatic heterocycles. The lowest BCUT2D eigenvalue weighted by Gasteiger charge is -2.15.